The van der Waals surface area contributed by atoms with E-state index in [0.29, 0.717) is 41.0 Å². The fraction of sp³-hybridized carbons (Fsp3) is 0.185. The van der Waals surface area contributed by atoms with Crippen LogP contribution in [0, 0.1) is 25.2 Å². The summed E-state index contributed by atoms with van der Waals surface area (Å²) in [6.45, 7) is 6.55. The highest BCUT2D eigenvalue weighted by atomic mass is 35.5. The van der Waals surface area contributed by atoms with Crippen molar-refractivity contribution in [3.63, 3.8) is 0 Å². The van der Waals surface area contributed by atoms with Crippen molar-refractivity contribution in [2.45, 2.75) is 27.4 Å². The van der Waals surface area contributed by atoms with Crippen LogP contribution in [0.1, 0.15) is 29.2 Å². The number of hydrogen-bond donors (Lipinski definition) is 1. The third-order valence-corrected chi connectivity index (χ3v) is 5.07. The highest BCUT2D eigenvalue weighted by Gasteiger charge is 2.15. The van der Waals surface area contributed by atoms with Crippen LogP contribution in [0.15, 0.2) is 66.2 Å². The largest absolute Gasteiger partial charge is 0.490 e. The first-order valence-electron chi connectivity index (χ1n) is 10.5. The van der Waals surface area contributed by atoms with E-state index in [1.807, 2.05) is 69.3 Å². The number of aryl methyl sites for hydroxylation is 2. The standard InChI is InChI=1S/C27H25ClN2O3/c1-4-32-25-15-21(13-22(16-29)27(31)30-23-7-5-6-19(3)12-23)14-24(28)26(25)33-17-20-10-8-18(2)9-11-20/h5-15H,4,17H2,1-3H3,(H,30,31)/b22-13+. The molecule has 3 aromatic rings. The number of rotatable bonds is 8. The maximum atomic E-state index is 12.6. The van der Waals surface area contributed by atoms with E-state index in [-0.39, 0.29) is 5.57 Å². The monoisotopic (exact) mass is 460 g/mol. The molecule has 0 bridgehead atoms. The molecule has 0 radical (unpaired) electrons. The van der Waals surface area contributed by atoms with E-state index in [1.165, 1.54) is 11.6 Å². The molecule has 0 heterocycles. The molecule has 1 amide bonds. The van der Waals surface area contributed by atoms with Gasteiger partial charge < -0.3 is 14.8 Å². The maximum Gasteiger partial charge on any atom is 0.266 e. The number of amides is 1. The zero-order chi connectivity index (χ0) is 23.8. The molecule has 0 aliphatic heterocycles. The maximum absolute atomic E-state index is 12.6. The van der Waals surface area contributed by atoms with Gasteiger partial charge in [-0.3, -0.25) is 4.79 Å². The molecule has 3 rings (SSSR count). The van der Waals surface area contributed by atoms with E-state index >= 15 is 0 Å². The van der Waals surface area contributed by atoms with Crippen molar-refractivity contribution in [1.29, 1.82) is 5.26 Å². The molecular weight excluding hydrogens is 436 g/mol. The second-order valence-electron chi connectivity index (χ2n) is 7.53. The van der Waals surface area contributed by atoms with Crippen LogP contribution in [0.25, 0.3) is 6.08 Å². The first kappa shape index (κ1) is 23.9. The second kappa shape index (κ2) is 11.2. The quantitative estimate of drug-likeness (QED) is 0.308. The molecule has 0 saturated heterocycles. The highest BCUT2D eigenvalue weighted by molar-refractivity contribution is 6.32. The summed E-state index contributed by atoms with van der Waals surface area (Å²) in [5.41, 5.74) is 4.30. The van der Waals surface area contributed by atoms with Gasteiger partial charge in [-0.15, -0.1) is 0 Å². The summed E-state index contributed by atoms with van der Waals surface area (Å²) in [4.78, 5) is 12.6. The molecular formula is C27H25ClN2O3. The van der Waals surface area contributed by atoms with Crippen molar-refractivity contribution < 1.29 is 14.3 Å². The number of nitrogens with one attached hydrogen (secondary N) is 1. The Balaban J connectivity index is 1.84. The number of benzene rings is 3. The summed E-state index contributed by atoms with van der Waals surface area (Å²) < 4.78 is 11.7. The normalized spacial score (nSPS) is 10.9. The first-order chi connectivity index (χ1) is 15.9. The van der Waals surface area contributed by atoms with Gasteiger partial charge in [-0.1, -0.05) is 53.6 Å². The van der Waals surface area contributed by atoms with Gasteiger partial charge in [0.25, 0.3) is 5.91 Å². The minimum absolute atomic E-state index is 0.0525. The molecule has 0 spiro atoms. The SMILES string of the molecule is CCOc1cc(/C=C(\C#N)C(=O)Nc2cccc(C)c2)cc(Cl)c1OCc1ccc(C)cc1. The van der Waals surface area contributed by atoms with Crippen molar-refractivity contribution in [3.05, 3.63) is 93.5 Å². The van der Waals surface area contributed by atoms with Crippen molar-refractivity contribution in [2.75, 3.05) is 11.9 Å². The molecule has 0 aromatic heterocycles. The molecule has 0 unspecified atom stereocenters. The third-order valence-electron chi connectivity index (χ3n) is 4.79. The van der Waals surface area contributed by atoms with Crippen LogP contribution in [0.2, 0.25) is 5.02 Å². The second-order valence-corrected chi connectivity index (χ2v) is 7.94. The van der Waals surface area contributed by atoms with Gasteiger partial charge >= 0.3 is 0 Å². The third kappa shape index (κ3) is 6.61. The Morgan fingerprint density at radius 3 is 2.48 bits per heavy atom. The van der Waals surface area contributed by atoms with E-state index in [0.717, 1.165) is 11.1 Å². The fourth-order valence-electron chi connectivity index (χ4n) is 3.15. The van der Waals surface area contributed by atoms with Crippen LogP contribution < -0.4 is 14.8 Å². The Bertz CT molecular complexity index is 1210. The number of anilines is 1. The average Bonchev–Trinajstić information content (AvgIpc) is 2.78. The van der Waals surface area contributed by atoms with Gasteiger partial charge in [-0.2, -0.15) is 5.26 Å². The lowest BCUT2D eigenvalue weighted by Crippen LogP contribution is -2.13. The molecule has 0 fully saturated rings. The van der Waals surface area contributed by atoms with E-state index in [4.69, 9.17) is 21.1 Å². The molecule has 0 aliphatic carbocycles. The fourth-order valence-corrected chi connectivity index (χ4v) is 3.42. The average molecular weight is 461 g/mol. The molecule has 3 aromatic carbocycles. The Labute approximate surface area is 199 Å². The van der Waals surface area contributed by atoms with E-state index in [2.05, 4.69) is 5.32 Å². The van der Waals surface area contributed by atoms with E-state index in [9.17, 15) is 10.1 Å². The molecule has 0 aliphatic rings. The van der Waals surface area contributed by atoms with Crippen LogP contribution in [0.3, 0.4) is 0 Å². The molecule has 5 nitrogen and oxygen atoms in total. The number of hydrogen-bond acceptors (Lipinski definition) is 4. The Kier molecular flexibility index (Phi) is 8.12. The molecule has 6 heteroatoms. The molecule has 33 heavy (non-hydrogen) atoms. The minimum atomic E-state index is -0.503. The van der Waals surface area contributed by atoms with Crippen LogP contribution in [0.4, 0.5) is 5.69 Å². The first-order valence-corrected chi connectivity index (χ1v) is 10.9. The minimum Gasteiger partial charge on any atom is -0.490 e. The van der Waals surface area contributed by atoms with Gasteiger partial charge in [0.1, 0.15) is 18.2 Å². The summed E-state index contributed by atoms with van der Waals surface area (Å²) in [7, 11) is 0. The topological polar surface area (TPSA) is 71.3 Å². The predicted molar refractivity (Wildman–Crippen MR) is 132 cm³/mol. The van der Waals surface area contributed by atoms with Crippen molar-refractivity contribution in [3.8, 4) is 17.6 Å². The number of carbonyl (C=O) groups excluding carboxylic acids is 1. The van der Waals surface area contributed by atoms with Crippen molar-refractivity contribution in [1.82, 2.24) is 0 Å². The predicted octanol–water partition coefficient (Wildman–Crippen LogP) is 6.48. The molecule has 168 valence electrons. The van der Waals surface area contributed by atoms with Gasteiger partial charge in [0.2, 0.25) is 0 Å². The Hall–Kier alpha value is -3.75. The summed E-state index contributed by atoms with van der Waals surface area (Å²) in [6, 6.07) is 20.7. The number of nitriles is 1. The zero-order valence-corrected chi connectivity index (χ0v) is 19.6. The summed E-state index contributed by atoms with van der Waals surface area (Å²) in [6.07, 6.45) is 1.48. The van der Waals surface area contributed by atoms with Gasteiger partial charge in [-0.25, -0.2) is 0 Å². The number of halogens is 1. The summed E-state index contributed by atoms with van der Waals surface area (Å²) in [5.74, 6) is 0.357. The van der Waals surface area contributed by atoms with Crippen molar-refractivity contribution in [2.24, 2.45) is 0 Å². The lowest BCUT2D eigenvalue weighted by molar-refractivity contribution is -0.112. The number of nitrogens with zero attached hydrogens (tertiary/aromatic N) is 1. The zero-order valence-electron chi connectivity index (χ0n) is 18.8. The van der Waals surface area contributed by atoms with Crippen LogP contribution in [-0.4, -0.2) is 12.5 Å². The van der Waals surface area contributed by atoms with E-state index in [1.54, 1.807) is 18.2 Å². The Morgan fingerprint density at radius 1 is 1.06 bits per heavy atom. The summed E-state index contributed by atoms with van der Waals surface area (Å²) in [5, 5.41) is 12.6. The lowest BCUT2D eigenvalue weighted by atomic mass is 10.1. The van der Waals surface area contributed by atoms with Crippen LogP contribution >= 0.6 is 11.6 Å². The van der Waals surface area contributed by atoms with Crippen LogP contribution in [0.5, 0.6) is 11.5 Å². The van der Waals surface area contributed by atoms with Gasteiger partial charge in [0.05, 0.1) is 11.6 Å². The smallest absolute Gasteiger partial charge is 0.266 e. The van der Waals surface area contributed by atoms with Crippen LogP contribution in [-0.2, 0) is 11.4 Å². The molecule has 1 N–H and O–H groups in total. The van der Waals surface area contributed by atoms with Gasteiger partial charge in [-0.05, 0) is 67.8 Å². The van der Waals surface area contributed by atoms with E-state index < -0.39 is 5.91 Å². The lowest BCUT2D eigenvalue weighted by Gasteiger charge is -2.15. The van der Waals surface area contributed by atoms with Crippen molar-refractivity contribution >= 4 is 29.3 Å². The number of carbonyl (C=O) groups is 1. The molecule has 0 atom stereocenters. The Morgan fingerprint density at radius 2 is 1.82 bits per heavy atom. The molecule has 0 saturated carbocycles. The highest BCUT2D eigenvalue weighted by Crippen LogP contribution is 2.38. The number of ether oxygens (including phenoxy) is 2. The van der Waals surface area contributed by atoms with Gasteiger partial charge in [0, 0.05) is 5.69 Å². The van der Waals surface area contributed by atoms with Gasteiger partial charge in [0.15, 0.2) is 11.5 Å². The summed E-state index contributed by atoms with van der Waals surface area (Å²) >= 11 is 6.50.